The fourth-order valence-corrected chi connectivity index (χ4v) is 3.33. The summed E-state index contributed by atoms with van der Waals surface area (Å²) in [6.07, 6.45) is 0. The van der Waals surface area contributed by atoms with Crippen molar-refractivity contribution in [1.29, 1.82) is 0 Å². The lowest BCUT2D eigenvalue weighted by molar-refractivity contribution is -0.118. The Morgan fingerprint density at radius 1 is 1.11 bits per heavy atom. The van der Waals surface area contributed by atoms with Crippen LogP contribution in [0.4, 0.5) is 5.82 Å². The van der Waals surface area contributed by atoms with Gasteiger partial charge in [-0.15, -0.1) is 0 Å². The Hall–Kier alpha value is -2.80. The fourth-order valence-electron chi connectivity index (χ4n) is 2.65. The molecule has 0 bridgehead atoms. The molecule has 0 aliphatic heterocycles. The maximum Gasteiger partial charge on any atom is 0.230 e. The van der Waals surface area contributed by atoms with E-state index >= 15 is 0 Å². The minimum absolute atomic E-state index is 0.0762. The minimum atomic E-state index is -0.0762. The molecule has 0 fully saturated rings. The van der Waals surface area contributed by atoms with Crippen molar-refractivity contribution in [2.75, 3.05) is 24.7 Å². The van der Waals surface area contributed by atoms with Crippen LogP contribution >= 0.6 is 11.8 Å². The molecule has 1 amide bonds. The van der Waals surface area contributed by atoms with E-state index in [4.69, 9.17) is 4.74 Å². The molecule has 0 unspecified atom stereocenters. The predicted octanol–water partition coefficient (Wildman–Crippen LogP) is 3.48. The number of hydrogen-bond donors (Lipinski definition) is 2. The van der Waals surface area contributed by atoms with Crippen molar-refractivity contribution in [1.82, 2.24) is 15.3 Å². The molecule has 0 aliphatic rings. The Kier molecular flexibility index (Phi) is 6.49. The van der Waals surface area contributed by atoms with Gasteiger partial charge in [-0.3, -0.25) is 4.79 Å². The molecule has 1 heterocycles. The van der Waals surface area contributed by atoms with Crippen LogP contribution in [0.15, 0.2) is 53.7 Å². The molecule has 3 aromatic rings. The van der Waals surface area contributed by atoms with E-state index in [1.165, 1.54) is 11.8 Å². The van der Waals surface area contributed by atoms with Crippen LogP contribution in [0, 0.1) is 0 Å². The van der Waals surface area contributed by atoms with Gasteiger partial charge in [-0.25, -0.2) is 9.97 Å². The third kappa shape index (κ3) is 4.89. The van der Waals surface area contributed by atoms with E-state index in [9.17, 15) is 4.79 Å². The number of benzene rings is 2. The maximum atomic E-state index is 12.2. The summed E-state index contributed by atoms with van der Waals surface area (Å²) < 4.78 is 5.30. The van der Waals surface area contributed by atoms with Crippen molar-refractivity contribution in [3.8, 4) is 5.75 Å². The molecule has 3 rings (SSSR count). The van der Waals surface area contributed by atoms with Gasteiger partial charge in [0.15, 0.2) is 5.16 Å². The molecule has 0 aliphatic carbocycles. The normalized spacial score (nSPS) is 10.6. The highest BCUT2D eigenvalue weighted by Gasteiger charge is 2.10. The second-order valence-electron chi connectivity index (χ2n) is 5.78. The largest absolute Gasteiger partial charge is 0.496 e. The summed E-state index contributed by atoms with van der Waals surface area (Å²) in [5, 5.41) is 7.73. The van der Waals surface area contributed by atoms with Crippen molar-refractivity contribution >= 4 is 34.4 Å². The average Bonchev–Trinajstić information content (AvgIpc) is 2.71. The highest BCUT2D eigenvalue weighted by atomic mass is 32.2. The van der Waals surface area contributed by atoms with Crippen molar-refractivity contribution in [3.63, 3.8) is 0 Å². The molecule has 2 N–H and O–H groups in total. The molecule has 140 valence electrons. The van der Waals surface area contributed by atoms with Crippen LogP contribution in [0.5, 0.6) is 5.75 Å². The second-order valence-corrected chi connectivity index (χ2v) is 6.72. The lowest BCUT2D eigenvalue weighted by Gasteiger charge is -2.10. The number of ether oxygens (including phenoxy) is 1. The molecule has 0 saturated heterocycles. The number of thioether (sulfide) groups is 1. The Bertz CT molecular complexity index is 933. The Labute approximate surface area is 162 Å². The number of nitrogens with one attached hydrogen (secondary N) is 2. The summed E-state index contributed by atoms with van der Waals surface area (Å²) >= 11 is 1.32. The summed E-state index contributed by atoms with van der Waals surface area (Å²) in [5.41, 5.74) is 1.80. The molecule has 6 nitrogen and oxygen atoms in total. The first-order chi connectivity index (χ1) is 13.2. The fraction of sp³-hybridized carbons (Fsp3) is 0.250. The SMILES string of the molecule is CCNc1nc(SCC(=O)NCc2ccccc2OC)nc2ccccc12. The Morgan fingerprint density at radius 2 is 1.89 bits per heavy atom. The van der Waals surface area contributed by atoms with Crippen LogP contribution in [-0.2, 0) is 11.3 Å². The molecule has 0 radical (unpaired) electrons. The molecular weight excluding hydrogens is 360 g/mol. The second kappa shape index (κ2) is 9.23. The molecule has 1 aromatic heterocycles. The number of aromatic nitrogens is 2. The van der Waals surface area contributed by atoms with Crippen molar-refractivity contribution in [3.05, 3.63) is 54.1 Å². The van der Waals surface area contributed by atoms with Crippen LogP contribution in [0.1, 0.15) is 12.5 Å². The van der Waals surface area contributed by atoms with Crippen LogP contribution < -0.4 is 15.4 Å². The highest BCUT2D eigenvalue weighted by molar-refractivity contribution is 7.99. The van der Waals surface area contributed by atoms with Gasteiger partial charge < -0.3 is 15.4 Å². The number of carbonyl (C=O) groups excluding carboxylic acids is 1. The van der Waals surface area contributed by atoms with E-state index in [0.29, 0.717) is 11.7 Å². The number of methoxy groups -OCH3 is 1. The number of fused-ring (bicyclic) bond motifs is 1. The first-order valence-electron chi connectivity index (χ1n) is 8.73. The summed E-state index contributed by atoms with van der Waals surface area (Å²) in [6, 6.07) is 15.5. The third-order valence-electron chi connectivity index (χ3n) is 3.93. The van der Waals surface area contributed by atoms with E-state index in [1.807, 2.05) is 55.5 Å². The smallest absolute Gasteiger partial charge is 0.230 e. The van der Waals surface area contributed by atoms with Crippen molar-refractivity contribution in [2.45, 2.75) is 18.6 Å². The molecule has 0 atom stereocenters. The number of amides is 1. The van der Waals surface area contributed by atoms with Crippen molar-refractivity contribution in [2.24, 2.45) is 0 Å². The average molecular weight is 382 g/mol. The molecule has 2 aromatic carbocycles. The van der Waals surface area contributed by atoms with Crippen LogP contribution in [-0.4, -0.2) is 35.3 Å². The molecule has 7 heteroatoms. The number of nitrogens with zero attached hydrogens (tertiary/aromatic N) is 2. The first kappa shape index (κ1) is 19.0. The predicted molar refractivity (Wildman–Crippen MR) is 109 cm³/mol. The van der Waals surface area contributed by atoms with Crippen LogP contribution in [0.2, 0.25) is 0 Å². The zero-order valence-corrected chi connectivity index (χ0v) is 16.2. The van der Waals surface area contributed by atoms with Gasteiger partial charge in [0.05, 0.1) is 18.4 Å². The number of carbonyl (C=O) groups is 1. The van der Waals surface area contributed by atoms with Gasteiger partial charge in [-0.1, -0.05) is 42.1 Å². The quantitative estimate of drug-likeness (QED) is 0.459. The summed E-state index contributed by atoms with van der Waals surface area (Å²) in [4.78, 5) is 21.3. The van der Waals surface area contributed by atoms with Crippen molar-refractivity contribution < 1.29 is 9.53 Å². The van der Waals surface area contributed by atoms with Gasteiger partial charge >= 0.3 is 0 Å². The zero-order valence-electron chi connectivity index (χ0n) is 15.4. The summed E-state index contributed by atoms with van der Waals surface area (Å²) in [5.74, 6) is 1.73. The van der Waals surface area contributed by atoms with E-state index in [0.717, 1.165) is 34.6 Å². The van der Waals surface area contributed by atoms with Crippen LogP contribution in [0.25, 0.3) is 10.9 Å². The lowest BCUT2D eigenvalue weighted by Crippen LogP contribution is -2.24. The zero-order chi connectivity index (χ0) is 19.1. The minimum Gasteiger partial charge on any atom is -0.496 e. The van der Waals surface area contributed by atoms with Crippen LogP contribution in [0.3, 0.4) is 0 Å². The number of anilines is 1. The summed E-state index contributed by atoms with van der Waals surface area (Å²) in [6.45, 7) is 3.21. The van der Waals surface area contributed by atoms with E-state index < -0.39 is 0 Å². The van der Waals surface area contributed by atoms with Gasteiger partial charge in [-0.2, -0.15) is 0 Å². The van der Waals surface area contributed by atoms with E-state index in [2.05, 4.69) is 20.6 Å². The first-order valence-corrected chi connectivity index (χ1v) is 9.72. The Morgan fingerprint density at radius 3 is 2.70 bits per heavy atom. The van der Waals surface area contributed by atoms with Gasteiger partial charge in [0.25, 0.3) is 0 Å². The standard InChI is InChI=1S/C20H22N4O2S/c1-3-21-19-15-9-5-6-10-16(15)23-20(24-19)27-13-18(25)22-12-14-8-4-7-11-17(14)26-2/h4-11H,3,12-13H2,1-2H3,(H,22,25)(H,21,23,24). The topological polar surface area (TPSA) is 76.1 Å². The van der Waals surface area contributed by atoms with Gasteiger partial charge in [0.2, 0.25) is 5.91 Å². The highest BCUT2D eigenvalue weighted by Crippen LogP contribution is 2.24. The molecule has 27 heavy (non-hydrogen) atoms. The molecule has 0 saturated carbocycles. The Balaban J connectivity index is 1.63. The lowest BCUT2D eigenvalue weighted by atomic mass is 10.2. The van der Waals surface area contributed by atoms with Gasteiger partial charge in [-0.05, 0) is 25.1 Å². The molecular formula is C20H22N4O2S. The van der Waals surface area contributed by atoms with Gasteiger partial charge in [0.1, 0.15) is 11.6 Å². The monoisotopic (exact) mass is 382 g/mol. The van der Waals surface area contributed by atoms with Gasteiger partial charge in [0, 0.05) is 24.0 Å². The van der Waals surface area contributed by atoms with E-state index in [-0.39, 0.29) is 11.7 Å². The number of rotatable bonds is 8. The summed E-state index contributed by atoms with van der Waals surface area (Å²) in [7, 11) is 1.62. The van der Waals surface area contributed by atoms with E-state index in [1.54, 1.807) is 7.11 Å². The third-order valence-corrected chi connectivity index (χ3v) is 4.78. The maximum absolute atomic E-state index is 12.2. The number of hydrogen-bond acceptors (Lipinski definition) is 6. The number of para-hydroxylation sites is 2. The molecule has 0 spiro atoms.